The first kappa shape index (κ1) is 16.1. The summed E-state index contributed by atoms with van der Waals surface area (Å²) in [5.41, 5.74) is 2.80. The molecule has 0 fully saturated rings. The van der Waals surface area contributed by atoms with Gasteiger partial charge in [-0.1, -0.05) is 36.4 Å². The number of nitrogens with one attached hydrogen (secondary N) is 1. The molecule has 1 amide bonds. The topological polar surface area (TPSA) is 54.9 Å². The van der Waals surface area contributed by atoms with Crippen molar-refractivity contribution < 1.29 is 4.79 Å². The molecule has 0 aliphatic rings. The lowest BCUT2D eigenvalue weighted by atomic mass is 10.2. The second-order valence-electron chi connectivity index (χ2n) is 5.20. The van der Waals surface area contributed by atoms with Gasteiger partial charge in [-0.15, -0.1) is 11.3 Å². The quantitative estimate of drug-likeness (QED) is 0.721. The van der Waals surface area contributed by atoms with Crippen molar-refractivity contribution in [2.45, 2.75) is 13.5 Å². The molecule has 120 valence electrons. The molecule has 4 nitrogen and oxygen atoms in total. The van der Waals surface area contributed by atoms with Gasteiger partial charge in [0.15, 0.2) is 0 Å². The van der Waals surface area contributed by atoms with Crippen LogP contribution in [0.4, 0.5) is 0 Å². The highest BCUT2D eigenvalue weighted by Crippen LogP contribution is 2.27. The number of benzene rings is 1. The molecule has 2 aromatic heterocycles. The van der Waals surface area contributed by atoms with Gasteiger partial charge in [-0.05, 0) is 25.1 Å². The maximum atomic E-state index is 11.9. The highest BCUT2D eigenvalue weighted by atomic mass is 32.1. The number of amides is 1. The van der Waals surface area contributed by atoms with E-state index in [0.717, 1.165) is 26.8 Å². The molecule has 0 saturated heterocycles. The third kappa shape index (κ3) is 4.14. The summed E-state index contributed by atoms with van der Waals surface area (Å²) in [6.07, 6.45) is 4.89. The Hall–Kier alpha value is -2.79. The number of thiazole rings is 1. The van der Waals surface area contributed by atoms with Gasteiger partial charge in [-0.3, -0.25) is 9.78 Å². The SMILES string of the molecule is Cc1nc(-c2ccccc2)sc1CNC(=O)/C=C/c1ccccn1. The van der Waals surface area contributed by atoms with Crippen LogP contribution in [-0.2, 0) is 11.3 Å². The van der Waals surface area contributed by atoms with E-state index >= 15 is 0 Å². The Morgan fingerprint density at radius 1 is 1.17 bits per heavy atom. The van der Waals surface area contributed by atoms with E-state index in [1.165, 1.54) is 6.08 Å². The van der Waals surface area contributed by atoms with Crippen molar-refractivity contribution in [2.75, 3.05) is 0 Å². The van der Waals surface area contributed by atoms with E-state index in [0.29, 0.717) is 6.54 Å². The van der Waals surface area contributed by atoms with Crippen molar-refractivity contribution in [3.05, 3.63) is 77.1 Å². The Morgan fingerprint density at radius 3 is 2.71 bits per heavy atom. The van der Waals surface area contributed by atoms with Crippen LogP contribution >= 0.6 is 11.3 Å². The molecule has 0 bridgehead atoms. The normalized spacial score (nSPS) is 10.9. The molecule has 0 unspecified atom stereocenters. The van der Waals surface area contributed by atoms with Gasteiger partial charge < -0.3 is 5.32 Å². The molecule has 0 atom stereocenters. The molecule has 0 radical (unpaired) electrons. The number of carbonyl (C=O) groups is 1. The van der Waals surface area contributed by atoms with Crippen molar-refractivity contribution >= 4 is 23.3 Å². The van der Waals surface area contributed by atoms with Gasteiger partial charge in [-0.2, -0.15) is 0 Å². The molecule has 5 heteroatoms. The minimum atomic E-state index is -0.144. The van der Waals surface area contributed by atoms with Gasteiger partial charge in [-0.25, -0.2) is 4.98 Å². The van der Waals surface area contributed by atoms with Gasteiger partial charge in [0.2, 0.25) is 5.91 Å². The monoisotopic (exact) mass is 335 g/mol. The third-order valence-corrected chi connectivity index (χ3v) is 4.64. The first-order valence-electron chi connectivity index (χ1n) is 7.61. The summed E-state index contributed by atoms with van der Waals surface area (Å²) in [5.74, 6) is -0.144. The van der Waals surface area contributed by atoms with Gasteiger partial charge in [0, 0.05) is 22.7 Å². The van der Waals surface area contributed by atoms with E-state index in [1.807, 2.05) is 55.5 Å². The van der Waals surface area contributed by atoms with Gasteiger partial charge in [0.1, 0.15) is 5.01 Å². The molecule has 1 aromatic carbocycles. The summed E-state index contributed by atoms with van der Waals surface area (Å²) in [6.45, 7) is 2.44. The van der Waals surface area contributed by atoms with E-state index in [1.54, 1.807) is 23.6 Å². The summed E-state index contributed by atoms with van der Waals surface area (Å²) in [5, 5.41) is 3.87. The highest BCUT2D eigenvalue weighted by molar-refractivity contribution is 7.15. The lowest BCUT2D eigenvalue weighted by molar-refractivity contribution is -0.116. The minimum Gasteiger partial charge on any atom is -0.348 e. The molecule has 1 N–H and O–H groups in total. The standard InChI is InChI=1S/C19H17N3OS/c1-14-17(24-19(22-14)15-7-3-2-4-8-15)13-21-18(23)11-10-16-9-5-6-12-20-16/h2-12H,13H2,1H3,(H,21,23)/b11-10+. The fraction of sp³-hybridized carbons (Fsp3) is 0.105. The summed E-state index contributed by atoms with van der Waals surface area (Å²) in [6, 6.07) is 15.6. The van der Waals surface area contributed by atoms with E-state index in [9.17, 15) is 4.79 Å². The predicted octanol–water partition coefficient (Wildman–Crippen LogP) is 3.84. The van der Waals surface area contributed by atoms with Crippen LogP contribution in [0.2, 0.25) is 0 Å². The van der Waals surface area contributed by atoms with Crippen LogP contribution in [0.15, 0.2) is 60.8 Å². The molecule has 2 heterocycles. The zero-order valence-corrected chi connectivity index (χ0v) is 14.1. The zero-order valence-electron chi connectivity index (χ0n) is 13.3. The van der Waals surface area contributed by atoms with E-state index in [4.69, 9.17) is 0 Å². The number of nitrogens with zero attached hydrogens (tertiary/aromatic N) is 2. The maximum absolute atomic E-state index is 11.9. The van der Waals surface area contributed by atoms with Crippen LogP contribution < -0.4 is 5.32 Å². The largest absolute Gasteiger partial charge is 0.348 e. The molecule has 0 saturated carbocycles. The number of aromatic nitrogens is 2. The smallest absolute Gasteiger partial charge is 0.244 e. The number of hydrogen-bond acceptors (Lipinski definition) is 4. The van der Waals surface area contributed by atoms with Gasteiger partial charge in [0.25, 0.3) is 0 Å². The molecule has 3 aromatic rings. The Balaban J connectivity index is 1.62. The van der Waals surface area contributed by atoms with Crippen LogP contribution in [0.25, 0.3) is 16.6 Å². The number of hydrogen-bond donors (Lipinski definition) is 1. The first-order valence-corrected chi connectivity index (χ1v) is 8.43. The van der Waals surface area contributed by atoms with Crippen molar-refractivity contribution in [1.29, 1.82) is 0 Å². The Bertz CT molecular complexity index is 842. The fourth-order valence-electron chi connectivity index (χ4n) is 2.16. The Labute approximate surface area is 144 Å². The minimum absolute atomic E-state index is 0.144. The zero-order chi connectivity index (χ0) is 16.8. The summed E-state index contributed by atoms with van der Waals surface area (Å²) in [7, 11) is 0. The number of rotatable bonds is 5. The fourth-order valence-corrected chi connectivity index (χ4v) is 3.17. The predicted molar refractivity (Wildman–Crippen MR) is 97.4 cm³/mol. The maximum Gasteiger partial charge on any atom is 0.244 e. The van der Waals surface area contributed by atoms with Crippen molar-refractivity contribution in [1.82, 2.24) is 15.3 Å². The van der Waals surface area contributed by atoms with E-state index in [2.05, 4.69) is 15.3 Å². The Kier molecular flexibility index (Phi) is 5.13. The lowest BCUT2D eigenvalue weighted by Gasteiger charge is -2.00. The van der Waals surface area contributed by atoms with Crippen LogP contribution in [0.3, 0.4) is 0 Å². The molecule has 0 aliphatic heterocycles. The number of aryl methyl sites for hydroxylation is 1. The molecule has 0 aliphatic carbocycles. The summed E-state index contributed by atoms with van der Waals surface area (Å²) < 4.78 is 0. The average molecular weight is 335 g/mol. The molecular formula is C19H17N3OS. The number of carbonyl (C=O) groups excluding carboxylic acids is 1. The van der Waals surface area contributed by atoms with Crippen LogP contribution in [0.1, 0.15) is 16.3 Å². The molecular weight excluding hydrogens is 318 g/mol. The van der Waals surface area contributed by atoms with Gasteiger partial charge in [0.05, 0.1) is 17.9 Å². The van der Waals surface area contributed by atoms with Crippen LogP contribution in [0.5, 0.6) is 0 Å². The van der Waals surface area contributed by atoms with Gasteiger partial charge >= 0.3 is 0 Å². The average Bonchev–Trinajstić information content (AvgIpc) is 3.01. The summed E-state index contributed by atoms with van der Waals surface area (Å²) >= 11 is 1.61. The van der Waals surface area contributed by atoms with E-state index in [-0.39, 0.29) is 5.91 Å². The summed E-state index contributed by atoms with van der Waals surface area (Å²) in [4.78, 5) is 21.7. The molecule has 0 spiro atoms. The Morgan fingerprint density at radius 2 is 1.96 bits per heavy atom. The van der Waals surface area contributed by atoms with E-state index < -0.39 is 0 Å². The van der Waals surface area contributed by atoms with Crippen LogP contribution in [0, 0.1) is 6.92 Å². The number of pyridine rings is 1. The second-order valence-corrected chi connectivity index (χ2v) is 6.28. The van der Waals surface area contributed by atoms with Crippen LogP contribution in [-0.4, -0.2) is 15.9 Å². The van der Waals surface area contributed by atoms with Crippen molar-refractivity contribution in [2.24, 2.45) is 0 Å². The third-order valence-electron chi connectivity index (χ3n) is 3.43. The lowest BCUT2D eigenvalue weighted by Crippen LogP contribution is -2.20. The molecule has 3 rings (SSSR count). The second kappa shape index (κ2) is 7.66. The molecule has 24 heavy (non-hydrogen) atoms. The highest BCUT2D eigenvalue weighted by Gasteiger charge is 2.09. The van der Waals surface area contributed by atoms with Crippen molar-refractivity contribution in [3.8, 4) is 10.6 Å². The first-order chi connectivity index (χ1) is 11.7. The van der Waals surface area contributed by atoms with Crippen molar-refractivity contribution in [3.63, 3.8) is 0 Å².